The zero-order valence-corrected chi connectivity index (χ0v) is 31.8. The van der Waals surface area contributed by atoms with Crippen molar-refractivity contribution in [1.29, 1.82) is 0 Å². The van der Waals surface area contributed by atoms with E-state index in [9.17, 15) is 4.79 Å². The maximum Gasteiger partial charge on any atom is 0.195 e. The van der Waals surface area contributed by atoms with Crippen molar-refractivity contribution in [2.75, 3.05) is 39.5 Å². The lowest BCUT2D eigenvalue weighted by Gasteiger charge is -2.26. The molecule has 0 bridgehead atoms. The van der Waals surface area contributed by atoms with Gasteiger partial charge in [-0.25, -0.2) is 0 Å². The number of hydrogen-bond acceptors (Lipinski definition) is 6. The molecule has 1 aromatic heterocycles. The quantitative estimate of drug-likeness (QED) is 0.0811. The van der Waals surface area contributed by atoms with Crippen molar-refractivity contribution in [2.24, 2.45) is 11.8 Å². The number of nitrogens with zero attached hydrogens (tertiary/aromatic N) is 1. The normalized spacial score (nSPS) is 13.7. The molecule has 0 aliphatic carbocycles. The molecule has 0 spiro atoms. The van der Waals surface area contributed by atoms with E-state index < -0.39 is 0 Å². The van der Waals surface area contributed by atoms with E-state index >= 15 is 0 Å². The largest absolute Gasteiger partial charge is 0.493 e. The molecule has 4 aromatic rings. The smallest absolute Gasteiger partial charge is 0.195 e. The molecule has 5 rings (SSSR count). The number of carbonyl (C=O) groups excluding carboxylic acids is 1. The highest BCUT2D eigenvalue weighted by Crippen LogP contribution is 2.42. The summed E-state index contributed by atoms with van der Waals surface area (Å²) in [7, 11) is 0. The summed E-state index contributed by atoms with van der Waals surface area (Å²) in [5.41, 5.74) is 2.42. The minimum atomic E-state index is 0.0213. The first-order chi connectivity index (χ1) is 24.5. The molecule has 2 heterocycles. The molecule has 0 radical (unpaired) electrons. The third kappa shape index (κ3) is 10.6. The Morgan fingerprint density at radius 3 is 1.82 bits per heavy atom. The maximum absolute atomic E-state index is 14.4. The second kappa shape index (κ2) is 19.9. The standard InChI is InChI=1S/C44H59NO4S/c1-5-12-33(13-6-2)31-48-38-22-18-36(19-23-38)44-42(40-25-24-39(30-41(40)50-44)49-32-34(14-7-3)15-8-4)43(46)35-16-20-37(21-17-35)47-29-28-45-26-10-9-11-27-45/h16-25,30,33-34H,5-15,26-29,31-32H2,1-4H3. The van der Waals surface area contributed by atoms with Gasteiger partial charge in [-0.3, -0.25) is 9.69 Å². The maximum atomic E-state index is 14.4. The Morgan fingerprint density at radius 2 is 1.22 bits per heavy atom. The van der Waals surface area contributed by atoms with Gasteiger partial charge < -0.3 is 14.2 Å². The van der Waals surface area contributed by atoms with Gasteiger partial charge >= 0.3 is 0 Å². The van der Waals surface area contributed by atoms with Crippen molar-refractivity contribution in [1.82, 2.24) is 4.90 Å². The van der Waals surface area contributed by atoms with Crippen LogP contribution in [-0.4, -0.2) is 50.1 Å². The Bertz CT molecular complexity index is 1580. The summed E-state index contributed by atoms with van der Waals surface area (Å²) >= 11 is 1.66. The lowest BCUT2D eigenvalue weighted by Crippen LogP contribution is -2.33. The number of carbonyl (C=O) groups is 1. The molecule has 0 N–H and O–H groups in total. The molecule has 0 amide bonds. The number of fused-ring (bicyclic) bond motifs is 1. The third-order valence-electron chi connectivity index (χ3n) is 10.0. The van der Waals surface area contributed by atoms with E-state index in [-0.39, 0.29) is 5.78 Å². The van der Waals surface area contributed by atoms with Gasteiger partial charge in [0.1, 0.15) is 23.9 Å². The lowest BCUT2D eigenvalue weighted by atomic mass is 9.97. The Balaban J connectivity index is 1.37. The molecule has 0 saturated carbocycles. The monoisotopic (exact) mass is 697 g/mol. The lowest BCUT2D eigenvalue weighted by molar-refractivity contribution is 0.104. The van der Waals surface area contributed by atoms with Crippen LogP contribution < -0.4 is 14.2 Å². The molecule has 0 atom stereocenters. The molecule has 6 heteroatoms. The fourth-order valence-electron chi connectivity index (χ4n) is 7.30. The van der Waals surface area contributed by atoms with Gasteiger partial charge in [-0.2, -0.15) is 0 Å². The number of piperidine rings is 1. The Hall–Kier alpha value is -3.35. The van der Waals surface area contributed by atoms with Gasteiger partial charge in [0.2, 0.25) is 0 Å². The van der Waals surface area contributed by atoms with Crippen LogP contribution >= 0.6 is 11.3 Å². The minimum Gasteiger partial charge on any atom is -0.493 e. The Labute approximate surface area is 305 Å². The topological polar surface area (TPSA) is 48.0 Å². The van der Waals surface area contributed by atoms with Crippen molar-refractivity contribution in [3.63, 3.8) is 0 Å². The van der Waals surface area contributed by atoms with Gasteiger partial charge in [-0.1, -0.05) is 59.8 Å². The van der Waals surface area contributed by atoms with Crippen LogP contribution in [0.15, 0.2) is 66.7 Å². The number of thiophene rings is 1. The van der Waals surface area contributed by atoms with E-state index in [0.717, 1.165) is 76.2 Å². The molecule has 270 valence electrons. The molecular formula is C44H59NO4S. The molecule has 3 aromatic carbocycles. The molecule has 1 aliphatic heterocycles. The van der Waals surface area contributed by atoms with E-state index in [2.05, 4.69) is 69.0 Å². The molecule has 5 nitrogen and oxygen atoms in total. The molecule has 50 heavy (non-hydrogen) atoms. The highest BCUT2D eigenvalue weighted by atomic mass is 32.1. The molecule has 0 unspecified atom stereocenters. The van der Waals surface area contributed by atoms with Gasteiger partial charge in [0.15, 0.2) is 5.78 Å². The number of rotatable bonds is 21. The first-order valence-corrected chi connectivity index (χ1v) is 20.3. The van der Waals surface area contributed by atoms with E-state index in [1.807, 2.05) is 30.3 Å². The van der Waals surface area contributed by atoms with E-state index in [1.165, 1.54) is 70.6 Å². The molecule has 1 fully saturated rings. The fourth-order valence-corrected chi connectivity index (χ4v) is 8.54. The average molecular weight is 698 g/mol. The summed E-state index contributed by atoms with van der Waals surface area (Å²) in [6.45, 7) is 14.4. The zero-order chi connectivity index (χ0) is 35.1. The molecule has 1 aliphatic rings. The summed E-state index contributed by atoms with van der Waals surface area (Å²) < 4.78 is 19.7. The first-order valence-electron chi connectivity index (χ1n) is 19.4. The van der Waals surface area contributed by atoms with Crippen LogP contribution in [0.1, 0.15) is 114 Å². The highest BCUT2D eigenvalue weighted by molar-refractivity contribution is 7.22. The van der Waals surface area contributed by atoms with Crippen LogP contribution in [0, 0.1) is 11.8 Å². The van der Waals surface area contributed by atoms with Crippen molar-refractivity contribution >= 4 is 27.2 Å². The molecule has 1 saturated heterocycles. The number of hydrogen-bond donors (Lipinski definition) is 0. The van der Waals surface area contributed by atoms with Crippen molar-refractivity contribution < 1.29 is 19.0 Å². The van der Waals surface area contributed by atoms with Crippen LogP contribution in [0.5, 0.6) is 17.2 Å². The predicted octanol–water partition coefficient (Wildman–Crippen LogP) is 11.9. The van der Waals surface area contributed by atoms with Gasteiger partial charge in [0.25, 0.3) is 0 Å². The van der Waals surface area contributed by atoms with Crippen molar-refractivity contribution in [2.45, 2.75) is 98.3 Å². The zero-order valence-electron chi connectivity index (χ0n) is 31.0. The predicted molar refractivity (Wildman–Crippen MR) is 211 cm³/mol. The highest BCUT2D eigenvalue weighted by Gasteiger charge is 2.23. The number of benzene rings is 3. The first kappa shape index (κ1) is 37.9. The fraction of sp³-hybridized carbons (Fsp3) is 0.523. The van der Waals surface area contributed by atoms with Crippen LogP contribution in [0.3, 0.4) is 0 Å². The Morgan fingerprint density at radius 1 is 0.680 bits per heavy atom. The summed E-state index contributed by atoms with van der Waals surface area (Å²) in [5, 5.41) is 0.963. The van der Waals surface area contributed by atoms with Gasteiger partial charge in [0.05, 0.1) is 13.2 Å². The van der Waals surface area contributed by atoms with Gasteiger partial charge in [0, 0.05) is 32.6 Å². The van der Waals surface area contributed by atoms with Gasteiger partial charge in [-0.05, 0) is 136 Å². The van der Waals surface area contributed by atoms with E-state index in [1.54, 1.807) is 11.3 Å². The summed E-state index contributed by atoms with van der Waals surface area (Å²) in [6.07, 6.45) is 13.3. The van der Waals surface area contributed by atoms with Crippen LogP contribution in [0.4, 0.5) is 0 Å². The average Bonchev–Trinajstić information content (AvgIpc) is 3.53. The third-order valence-corrected chi connectivity index (χ3v) is 11.2. The Kier molecular flexibility index (Phi) is 15.1. The van der Waals surface area contributed by atoms with Gasteiger partial charge in [-0.15, -0.1) is 11.3 Å². The number of likely N-dealkylation sites (tertiary alicyclic amines) is 1. The van der Waals surface area contributed by atoms with E-state index in [0.29, 0.717) is 24.0 Å². The van der Waals surface area contributed by atoms with Crippen molar-refractivity contribution in [3.8, 4) is 27.7 Å². The van der Waals surface area contributed by atoms with Crippen LogP contribution in [0.2, 0.25) is 0 Å². The number of ketones is 1. The van der Waals surface area contributed by atoms with E-state index in [4.69, 9.17) is 14.2 Å². The number of ether oxygens (including phenoxy) is 3. The van der Waals surface area contributed by atoms with Crippen LogP contribution in [0.25, 0.3) is 20.5 Å². The second-order valence-electron chi connectivity index (χ2n) is 14.1. The second-order valence-corrected chi connectivity index (χ2v) is 15.2. The van der Waals surface area contributed by atoms with Crippen molar-refractivity contribution in [3.05, 3.63) is 77.9 Å². The minimum absolute atomic E-state index is 0.0213. The molecular weight excluding hydrogens is 639 g/mol. The van der Waals surface area contributed by atoms with Crippen LogP contribution in [-0.2, 0) is 0 Å². The SMILES string of the molecule is CCCC(CCC)COc1ccc(-c2sc3cc(OCC(CCC)CCC)ccc3c2C(=O)c2ccc(OCCN3CCCCC3)cc2)cc1. The summed E-state index contributed by atoms with van der Waals surface area (Å²) in [6, 6.07) is 22.2. The summed E-state index contributed by atoms with van der Waals surface area (Å²) in [5.74, 6) is 3.71. The summed E-state index contributed by atoms with van der Waals surface area (Å²) in [4.78, 5) is 17.8.